The van der Waals surface area contributed by atoms with Crippen LogP contribution in [-0.2, 0) is 16.6 Å². The summed E-state index contributed by atoms with van der Waals surface area (Å²) in [5, 5.41) is 16.3. The van der Waals surface area contributed by atoms with Crippen molar-refractivity contribution in [3.8, 4) is 11.8 Å². The number of hydrogen-bond donors (Lipinski definition) is 4. The molecule has 1 aliphatic carbocycles. The van der Waals surface area contributed by atoms with E-state index in [-0.39, 0.29) is 29.6 Å². The molecule has 3 aromatic heterocycles. The number of anilines is 4. The SMILES string of the molecule is CNc1cc(Nc2cccc(N3CCC(CN4CCC(C#Cc5cccc6c5n(C)c(=O)n6C5CCC(=O)NC5=O)CC4)CC3)c2)nn2c(C(=O)N[C@@H]3C[C@@H]3F)cnc12. The van der Waals surface area contributed by atoms with Crippen molar-refractivity contribution >= 4 is 57.3 Å². The smallest absolute Gasteiger partial charge is 0.329 e. The highest BCUT2D eigenvalue weighted by Gasteiger charge is 2.39. The lowest BCUT2D eigenvalue weighted by molar-refractivity contribution is -0.135. The van der Waals surface area contributed by atoms with Crippen molar-refractivity contribution in [2.24, 2.45) is 18.9 Å². The van der Waals surface area contributed by atoms with Crippen molar-refractivity contribution in [3.05, 3.63) is 76.5 Å². The van der Waals surface area contributed by atoms with Gasteiger partial charge in [0.2, 0.25) is 11.8 Å². The maximum atomic E-state index is 13.5. The summed E-state index contributed by atoms with van der Waals surface area (Å²) in [7, 11) is 3.50. The summed E-state index contributed by atoms with van der Waals surface area (Å²) in [6.45, 7) is 5.02. The Morgan fingerprint density at radius 3 is 2.53 bits per heavy atom. The molecule has 0 radical (unpaired) electrons. The zero-order chi connectivity index (χ0) is 40.8. The number of para-hydroxylation sites is 1. The minimum Gasteiger partial charge on any atom is -0.385 e. The molecule has 6 heterocycles. The number of alkyl halides is 1. The summed E-state index contributed by atoms with van der Waals surface area (Å²) in [6, 6.07) is 14.6. The molecule has 3 atom stereocenters. The van der Waals surface area contributed by atoms with Gasteiger partial charge in [0, 0.05) is 69.9 Å². The van der Waals surface area contributed by atoms with Crippen molar-refractivity contribution in [3.63, 3.8) is 0 Å². The van der Waals surface area contributed by atoms with Gasteiger partial charge < -0.3 is 25.8 Å². The molecule has 5 aromatic rings. The average Bonchev–Trinajstić information content (AvgIpc) is 3.64. The number of aryl methyl sites for hydroxylation is 1. The lowest BCUT2D eigenvalue weighted by Gasteiger charge is -2.38. The average molecular weight is 802 g/mol. The van der Waals surface area contributed by atoms with Gasteiger partial charge in [-0.15, -0.1) is 5.10 Å². The number of fused-ring (bicyclic) bond motifs is 2. The van der Waals surface area contributed by atoms with Crippen molar-refractivity contribution in [1.29, 1.82) is 0 Å². The molecule has 4 fully saturated rings. The van der Waals surface area contributed by atoms with E-state index in [2.05, 4.69) is 65.1 Å². The Balaban J connectivity index is 0.784. The summed E-state index contributed by atoms with van der Waals surface area (Å²) in [5.74, 6) is 7.15. The van der Waals surface area contributed by atoms with E-state index in [1.165, 1.54) is 15.3 Å². The number of halogens is 1. The van der Waals surface area contributed by atoms with E-state index in [0.717, 1.165) is 75.3 Å². The van der Waals surface area contributed by atoms with Crippen LogP contribution in [-0.4, -0.2) is 98.3 Å². The standard InChI is InChI=1S/C43H48FN11O4/c1-45-33-23-37(50-55-36(24-46-40(33)55)42(58)48-32-22-31(32)44)47-29-6-4-7-30(21-29)53-19-15-27(16-20-53)25-52-17-13-26(14-18-52)9-10-28-5-3-8-34-39(28)51(2)43(59)54(34)35-11-12-38(56)49-41(35)57/h3-8,21,23-24,26-27,31-32,35,45H,11-20,22,25H2,1-2H3,(H,47,50)(H,48,58)(H,49,56,57)/t31-,32+,35?/m0/s1. The predicted octanol–water partition coefficient (Wildman–Crippen LogP) is 3.97. The second-order valence-electron chi connectivity index (χ2n) is 16.2. The summed E-state index contributed by atoms with van der Waals surface area (Å²) >= 11 is 0. The van der Waals surface area contributed by atoms with E-state index in [1.54, 1.807) is 18.7 Å². The second kappa shape index (κ2) is 15.9. The van der Waals surface area contributed by atoms with Crippen LogP contribution >= 0.6 is 0 Å². The molecule has 1 unspecified atom stereocenters. The molecule has 1 saturated carbocycles. The van der Waals surface area contributed by atoms with Gasteiger partial charge in [0.05, 0.1) is 34.5 Å². The Morgan fingerprint density at radius 1 is 1.00 bits per heavy atom. The van der Waals surface area contributed by atoms with E-state index in [4.69, 9.17) is 0 Å². The first-order valence-corrected chi connectivity index (χ1v) is 20.5. The quantitative estimate of drug-likeness (QED) is 0.127. The lowest BCUT2D eigenvalue weighted by atomic mass is 9.92. The van der Waals surface area contributed by atoms with Crippen LogP contribution in [0.3, 0.4) is 0 Å². The number of imide groups is 1. The van der Waals surface area contributed by atoms with E-state index in [9.17, 15) is 23.6 Å². The van der Waals surface area contributed by atoms with Gasteiger partial charge >= 0.3 is 5.69 Å². The third kappa shape index (κ3) is 7.74. The Kier molecular flexibility index (Phi) is 10.3. The van der Waals surface area contributed by atoms with E-state index in [0.29, 0.717) is 46.9 Å². The lowest BCUT2D eigenvalue weighted by Crippen LogP contribution is -2.44. The highest BCUT2D eigenvalue weighted by molar-refractivity contribution is 6.00. The molecular weight excluding hydrogens is 754 g/mol. The van der Waals surface area contributed by atoms with Gasteiger partial charge in [-0.2, -0.15) is 0 Å². The van der Waals surface area contributed by atoms with Crippen LogP contribution in [0.5, 0.6) is 0 Å². The van der Waals surface area contributed by atoms with Gasteiger partial charge in [0.15, 0.2) is 17.2 Å². The zero-order valence-corrected chi connectivity index (χ0v) is 33.2. The Bertz CT molecular complexity index is 2570. The van der Waals surface area contributed by atoms with E-state index in [1.807, 2.05) is 36.4 Å². The number of hydrogen-bond acceptors (Lipinski definition) is 10. The molecule has 2 aromatic carbocycles. The van der Waals surface area contributed by atoms with Crippen LogP contribution in [0, 0.1) is 23.7 Å². The fraction of sp³-hybridized carbons (Fsp3) is 0.442. The molecule has 16 heteroatoms. The van der Waals surface area contributed by atoms with Gasteiger partial charge in [0.25, 0.3) is 5.91 Å². The molecule has 0 spiro atoms. The molecule has 15 nitrogen and oxygen atoms in total. The second-order valence-corrected chi connectivity index (χ2v) is 16.2. The number of nitrogens with one attached hydrogen (secondary N) is 4. The Morgan fingerprint density at radius 2 is 1.78 bits per heavy atom. The highest BCUT2D eigenvalue weighted by Crippen LogP contribution is 2.31. The number of aromatic nitrogens is 5. The number of rotatable bonds is 9. The Labute approximate surface area is 340 Å². The van der Waals surface area contributed by atoms with Crippen LogP contribution in [0.2, 0.25) is 0 Å². The van der Waals surface area contributed by atoms with Crippen LogP contribution in [0.1, 0.15) is 67.0 Å². The minimum atomic E-state index is -1.00. The predicted molar refractivity (Wildman–Crippen MR) is 223 cm³/mol. The summed E-state index contributed by atoms with van der Waals surface area (Å²) in [6.07, 6.45) is 5.48. The summed E-state index contributed by atoms with van der Waals surface area (Å²) < 4.78 is 18.0. The zero-order valence-electron chi connectivity index (χ0n) is 33.2. The van der Waals surface area contributed by atoms with Crippen molar-refractivity contribution < 1.29 is 18.8 Å². The number of amides is 3. The molecule has 4 aliphatic rings. The van der Waals surface area contributed by atoms with Crippen molar-refractivity contribution in [2.45, 2.75) is 63.2 Å². The first-order chi connectivity index (χ1) is 28.6. The topological polar surface area (TPSA) is 163 Å². The van der Waals surface area contributed by atoms with Gasteiger partial charge in [-0.25, -0.2) is 18.7 Å². The largest absolute Gasteiger partial charge is 0.385 e. The number of benzene rings is 2. The third-order valence-corrected chi connectivity index (χ3v) is 12.2. The monoisotopic (exact) mass is 801 g/mol. The molecule has 4 N–H and O–H groups in total. The summed E-state index contributed by atoms with van der Waals surface area (Å²) in [4.78, 5) is 60.0. The molecule has 306 valence electrons. The van der Waals surface area contributed by atoms with Crippen LogP contribution < -0.4 is 31.9 Å². The molecule has 3 saturated heterocycles. The molecule has 0 bridgehead atoms. The fourth-order valence-corrected chi connectivity index (χ4v) is 8.80. The molecule has 3 amide bonds. The van der Waals surface area contributed by atoms with E-state index < -0.39 is 30.1 Å². The van der Waals surface area contributed by atoms with Crippen molar-refractivity contribution in [1.82, 2.24) is 39.3 Å². The fourth-order valence-electron chi connectivity index (χ4n) is 8.80. The van der Waals surface area contributed by atoms with Gasteiger partial charge in [-0.1, -0.05) is 24.0 Å². The molecule has 59 heavy (non-hydrogen) atoms. The maximum Gasteiger partial charge on any atom is 0.329 e. The van der Waals surface area contributed by atoms with Crippen LogP contribution in [0.25, 0.3) is 16.7 Å². The minimum absolute atomic E-state index is 0.200. The number of piperidine rings is 3. The van der Waals surface area contributed by atoms with Crippen LogP contribution in [0.15, 0.2) is 59.5 Å². The number of imidazole rings is 2. The van der Waals surface area contributed by atoms with Crippen LogP contribution in [0.4, 0.5) is 27.3 Å². The number of likely N-dealkylation sites (tertiary alicyclic amines) is 1. The summed E-state index contributed by atoms with van der Waals surface area (Å²) in [5.41, 5.74) is 5.30. The van der Waals surface area contributed by atoms with Gasteiger partial charge in [0.1, 0.15) is 12.2 Å². The number of carbonyl (C=O) groups excluding carboxylic acids is 3. The van der Waals surface area contributed by atoms with E-state index >= 15 is 0 Å². The highest BCUT2D eigenvalue weighted by atomic mass is 19.1. The Hall–Kier alpha value is -6.21. The number of carbonyl (C=O) groups is 3. The molecule has 9 rings (SSSR count). The number of nitrogens with zero attached hydrogens (tertiary/aromatic N) is 7. The maximum absolute atomic E-state index is 13.5. The van der Waals surface area contributed by atoms with Gasteiger partial charge in [-0.05, 0) is 81.4 Å². The first-order valence-electron chi connectivity index (χ1n) is 20.5. The third-order valence-electron chi connectivity index (χ3n) is 12.2. The molecule has 3 aliphatic heterocycles. The molecular formula is C43H48FN11O4. The first kappa shape index (κ1) is 38.3. The van der Waals surface area contributed by atoms with Crippen molar-refractivity contribution in [2.75, 3.05) is 55.3 Å². The van der Waals surface area contributed by atoms with Gasteiger partial charge in [-0.3, -0.25) is 28.8 Å². The normalized spacial score (nSPS) is 21.6.